The fourth-order valence-corrected chi connectivity index (χ4v) is 0.949. The van der Waals surface area contributed by atoms with Crippen LogP contribution in [-0.4, -0.2) is 22.9 Å². The SMILES string of the molecule is C#C/C(C)=C/[C@H](C)[C@@H](O)CCO. The second-order valence-electron chi connectivity index (χ2n) is 2.93. The molecule has 2 atom stereocenters. The summed E-state index contributed by atoms with van der Waals surface area (Å²) in [6.45, 7) is 3.71. The van der Waals surface area contributed by atoms with Gasteiger partial charge in [0, 0.05) is 12.5 Å². The second kappa shape index (κ2) is 5.82. The van der Waals surface area contributed by atoms with Gasteiger partial charge in [-0.1, -0.05) is 18.9 Å². The number of allylic oxidation sites excluding steroid dienone is 1. The first-order chi connectivity index (χ1) is 5.61. The zero-order valence-electron chi connectivity index (χ0n) is 7.62. The van der Waals surface area contributed by atoms with E-state index in [0.717, 1.165) is 5.57 Å². The van der Waals surface area contributed by atoms with E-state index in [1.807, 2.05) is 19.9 Å². The molecular formula is C10H16O2. The van der Waals surface area contributed by atoms with Gasteiger partial charge in [0.15, 0.2) is 0 Å². The fraction of sp³-hybridized carbons (Fsp3) is 0.600. The van der Waals surface area contributed by atoms with Gasteiger partial charge >= 0.3 is 0 Å². The molecule has 0 aliphatic rings. The van der Waals surface area contributed by atoms with Crippen molar-refractivity contribution in [3.05, 3.63) is 11.6 Å². The highest BCUT2D eigenvalue weighted by Crippen LogP contribution is 2.10. The summed E-state index contributed by atoms with van der Waals surface area (Å²) >= 11 is 0. The Labute approximate surface area is 73.9 Å². The van der Waals surface area contributed by atoms with Crippen LogP contribution in [0.4, 0.5) is 0 Å². The Morgan fingerprint density at radius 2 is 2.25 bits per heavy atom. The van der Waals surface area contributed by atoms with Crippen LogP contribution in [0.3, 0.4) is 0 Å². The van der Waals surface area contributed by atoms with Crippen molar-refractivity contribution in [3.63, 3.8) is 0 Å². The summed E-state index contributed by atoms with van der Waals surface area (Å²) in [4.78, 5) is 0. The molecule has 0 spiro atoms. The number of aliphatic hydroxyl groups excluding tert-OH is 2. The summed E-state index contributed by atoms with van der Waals surface area (Å²) in [5, 5.41) is 17.9. The molecule has 0 saturated carbocycles. The van der Waals surface area contributed by atoms with Crippen molar-refractivity contribution < 1.29 is 10.2 Å². The molecule has 68 valence electrons. The third-order valence-corrected chi connectivity index (χ3v) is 1.77. The lowest BCUT2D eigenvalue weighted by Gasteiger charge is -2.13. The van der Waals surface area contributed by atoms with Gasteiger partial charge in [0.25, 0.3) is 0 Å². The summed E-state index contributed by atoms with van der Waals surface area (Å²) in [7, 11) is 0. The van der Waals surface area contributed by atoms with Crippen molar-refractivity contribution in [2.75, 3.05) is 6.61 Å². The van der Waals surface area contributed by atoms with Crippen LogP contribution in [0.25, 0.3) is 0 Å². The van der Waals surface area contributed by atoms with Crippen LogP contribution in [-0.2, 0) is 0 Å². The molecule has 0 saturated heterocycles. The largest absolute Gasteiger partial charge is 0.396 e. The number of aliphatic hydroxyl groups is 2. The third kappa shape index (κ3) is 4.17. The standard InChI is InChI=1S/C10H16O2/c1-4-8(2)7-9(3)10(12)5-6-11/h1,7,9-12H,5-6H2,2-3H3/b8-7+/t9-,10-/m0/s1. The first-order valence-electron chi connectivity index (χ1n) is 4.05. The average molecular weight is 168 g/mol. The molecular weight excluding hydrogens is 152 g/mol. The lowest BCUT2D eigenvalue weighted by atomic mass is 10.00. The summed E-state index contributed by atoms with van der Waals surface area (Å²) < 4.78 is 0. The van der Waals surface area contributed by atoms with Crippen LogP contribution < -0.4 is 0 Å². The van der Waals surface area contributed by atoms with Crippen LogP contribution >= 0.6 is 0 Å². The molecule has 0 aromatic carbocycles. The maximum Gasteiger partial charge on any atom is 0.0622 e. The van der Waals surface area contributed by atoms with E-state index < -0.39 is 6.10 Å². The molecule has 0 aromatic rings. The molecule has 0 aromatic heterocycles. The summed E-state index contributed by atoms with van der Waals surface area (Å²) in [6, 6.07) is 0. The van der Waals surface area contributed by atoms with E-state index in [-0.39, 0.29) is 12.5 Å². The van der Waals surface area contributed by atoms with E-state index >= 15 is 0 Å². The highest BCUT2D eigenvalue weighted by molar-refractivity contribution is 5.23. The van der Waals surface area contributed by atoms with E-state index in [4.69, 9.17) is 11.5 Å². The van der Waals surface area contributed by atoms with Crippen molar-refractivity contribution in [1.29, 1.82) is 0 Å². The molecule has 0 aliphatic heterocycles. The highest BCUT2D eigenvalue weighted by atomic mass is 16.3. The molecule has 0 rings (SSSR count). The van der Waals surface area contributed by atoms with Crippen molar-refractivity contribution in [3.8, 4) is 12.3 Å². The molecule has 0 heterocycles. The summed E-state index contributed by atoms with van der Waals surface area (Å²) in [6.07, 6.45) is 6.88. The molecule has 0 bridgehead atoms. The smallest absolute Gasteiger partial charge is 0.0622 e. The minimum atomic E-state index is -0.502. The summed E-state index contributed by atoms with van der Waals surface area (Å²) in [5.74, 6) is 2.49. The second-order valence-corrected chi connectivity index (χ2v) is 2.93. The number of hydrogen-bond acceptors (Lipinski definition) is 2. The molecule has 0 amide bonds. The van der Waals surface area contributed by atoms with Crippen LogP contribution in [0.1, 0.15) is 20.3 Å². The number of terminal acetylenes is 1. The quantitative estimate of drug-likeness (QED) is 0.613. The molecule has 2 heteroatoms. The molecule has 0 radical (unpaired) electrons. The van der Waals surface area contributed by atoms with Gasteiger partial charge in [0.05, 0.1) is 6.10 Å². The van der Waals surface area contributed by atoms with Gasteiger partial charge < -0.3 is 10.2 Å². The van der Waals surface area contributed by atoms with Crippen molar-refractivity contribution in [2.45, 2.75) is 26.4 Å². The van der Waals surface area contributed by atoms with E-state index in [0.29, 0.717) is 6.42 Å². The number of hydrogen-bond donors (Lipinski definition) is 2. The van der Waals surface area contributed by atoms with Crippen molar-refractivity contribution in [2.24, 2.45) is 5.92 Å². The molecule has 12 heavy (non-hydrogen) atoms. The normalized spacial score (nSPS) is 16.8. The lowest BCUT2D eigenvalue weighted by molar-refractivity contribution is 0.103. The maximum atomic E-state index is 9.39. The topological polar surface area (TPSA) is 40.5 Å². The Morgan fingerprint density at radius 3 is 2.67 bits per heavy atom. The van der Waals surface area contributed by atoms with Gasteiger partial charge in [-0.15, -0.1) is 6.42 Å². The van der Waals surface area contributed by atoms with Gasteiger partial charge in [-0.2, -0.15) is 0 Å². The number of rotatable bonds is 4. The zero-order chi connectivity index (χ0) is 9.56. The van der Waals surface area contributed by atoms with Crippen LogP contribution in [0.5, 0.6) is 0 Å². The highest BCUT2D eigenvalue weighted by Gasteiger charge is 2.10. The van der Waals surface area contributed by atoms with Crippen molar-refractivity contribution >= 4 is 0 Å². The predicted octanol–water partition coefficient (Wildman–Crippen LogP) is 0.945. The Bertz CT molecular complexity index is 189. The minimum absolute atomic E-state index is 0.00759. The van der Waals surface area contributed by atoms with Crippen molar-refractivity contribution in [1.82, 2.24) is 0 Å². The van der Waals surface area contributed by atoms with Gasteiger partial charge in [0.1, 0.15) is 0 Å². The minimum Gasteiger partial charge on any atom is -0.396 e. The van der Waals surface area contributed by atoms with Crippen LogP contribution in [0, 0.1) is 18.3 Å². The van der Waals surface area contributed by atoms with E-state index in [2.05, 4.69) is 5.92 Å². The third-order valence-electron chi connectivity index (χ3n) is 1.77. The van der Waals surface area contributed by atoms with Crippen LogP contribution in [0.15, 0.2) is 11.6 Å². The van der Waals surface area contributed by atoms with E-state index in [1.165, 1.54) is 0 Å². The van der Waals surface area contributed by atoms with E-state index in [1.54, 1.807) is 0 Å². The average Bonchev–Trinajstić information content (AvgIpc) is 2.04. The maximum absolute atomic E-state index is 9.39. The van der Waals surface area contributed by atoms with Gasteiger partial charge in [-0.3, -0.25) is 0 Å². The molecule has 0 fully saturated rings. The first kappa shape index (κ1) is 11.2. The Morgan fingerprint density at radius 1 is 1.67 bits per heavy atom. The zero-order valence-corrected chi connectivity index (χ0v) is 7.62. The van der Waals surface area contributed by atoms with Gasteiger partial charge in [-0.25, -0.2) is 0 Å². The monoisotopic (exact) mass is 168 g/mol. The lowest BCUT2D eigenvalue weighted by Crippen LogP contribution is -2.17. The Hall–Kier alpha value is -0.780. The molecule has 0 aliphatic carbocycles. The van der Waals surface area contributed by atoms with E-state index in [9.17, 15) is 5.11 Å². The fourth-order valence-electron chi connectivity index (χ4n) is 0.949. The molecule has 0 unspecified atom stereocenters. The first-order valence-corrected chi connectivity index (χ1v) is 4.05. The molecule has 2 nitrogen and oxygen atoms in total. The van der Waals surface area contributed by atoms with Gasteiger partial charge in [0.2, 0.25) is 0 Å². The predicted molar refractivity (Wildman–Crippen MR) is 49.5 cm³/mol. The van der Waals surface area contributed by atoms with Crippen LogP contribution in [0.2, 0.25) is 0 Å². The Balaban J connectivity index is 4.03. The summed E-state index contributed by atoms with van der Waals surface area (Å²) in [5.41, 5.74) is 0.819. The molecule has 2 N–H and O–H groups in total. The van der Waals surface area contributed by atoms with Gasteiger partial charge in [-0.05, 0) is 18.9 Å². The Kier molecular flexibility index (Phi) is 5.44.